The zero-order valence-corrected chi connectivity index (χ0v) is 10.1. The van der Waals surface area contributed by atoms with E-state index in [0.29, 0.717) is 13.1 Å². The molecule has 2 rings (SSSR count). The molecule has 0 radical (unpaired) electrons. The van der Waals surface area contributed by atoms with Gasteiger partial charge in [-0.1, -0.05) is 12.8 Å². The Morgan fingerprint density at radius 2 is 2.12 bits per heavy atom. The summed E-state index contributed by atoms with van der Waals surface area (Å²) in [5.41, 5.74) is 5.33. The average molecular weight is 239 g/mol. The first kappa shape index (κ1) is 12.4. The lowest BCUT2D eigenvalue weighted by molar-refractivity contribution is -0.135. The molecule has 2 amide bonds. The molecule has 1 saturated heterocycles. The number of hydrogen-bond donors (Lipinski definition) is 3. The van der Waals surface area contributed by atoms with Gasteiger partial charge in [-0.05, 0) is 25.7 Å². The minimum Gasteiger partial charge on any atom is -0.354 e. The molecule has 1 atom stereocenters. The van der Waals surface area contributed by atoms with Crippen LogP contribution in [0.3, 0.4) is 0 Å². The van der Waals surface area contributed by atoms with E-state index in [1.807, 2.05) is 0 Å². The third-order valence-corrected chi connectivity index (χ3v) is 4.02. The van der Waals surface area contributed by atoms with Gasteiger partial charge in [0.2, 0.25) is 11.8 Å². The largest absolute Gasteiger partial charge is 0.354 e. The second-order valence-corrected chi connectivity index (χ2v) is 5.15. The standard InChI is InChI=1S/C12H21N3O2/c13-8-12(5-1-2-6-12)11(17)15-9-4-3-7-14-10(9)16/h9H,1-8,13H2,(H,14,16)(H,15,17). The van der Waals surface area contributed by atoms with Gasteiger partial charge in [0.15, 0.2) is 0 Å². The minimum atomic E-state index is -0.419. The molecule has 0 aromatic carbocycles. The number of piperidine rings is 1. The molecule has 0 spiro atoms. The summed E-state index contributed by atoms with van der Waals surface area (Å²) >= 11 is 0. The number of carbonyl (C=O) groups is 2. The lowest BCUT2D eigenvalue weighted by Crippen LogP contribution is -2.54. The summed E-state index contributed by atoms with van der Waals surface area (Å²) < 4.78 is 0. The van der Waals surface area contributed by atoms with Gasteiger partial charge in [0, 0.05) is 13.1 Å². The molecule has 1 aliphatic carbocycles. The highest BCUT2D eigenvalue weighted by atomic mass is 16.2. The molecule has 2 aliphatic rings. The monoisotopic (exact) mass is 239 g/mol. The SMILES string of the molecule is NCC1(C(=O)NC2CCCNC2=O)CCCC1. The van der Waals surface area contributed by atoms with E-state index in [9.17, 15) is 9.59 Å². The molecule has 1 unspecified atom stereocenters. The summed E-state index contributed by atoms with van der Waals surface area (Å²) in [4.78, 5) is 23.8. The van der Waals surface area contributed by atoms with Crippen molar-refractivity contribution in [2.75, 3.05) is 13.1 Å². The van der Waals surface area contributed by atoms with Crippen LogP contribution in [0.4, 0.5) is 0 Å². The van der Waals surface area contributed by atoms with Crippen molar-refractivity contribution in [2.45, 2.75) is 44.6 Å². The molecule has 1 heterocycles. The highest BCUT2D eigenvalue weighted by Crippen LogP contribution is 2.37. The number of rotatable bonds is 3. The fourth-order valence-corrected chi connectivity index (χ4v) is 2.80. The Kier molecular flexibility index (Phi) is 3.66. The summed E-state index contributed by atoms with van der Waals surface area (Å²) in [7, 11) is 0. The predicted octanol–water partition coefficient (Wildman–Crippen LogP) is -0.0997. The lowest BCUT2D eigenvalue weighted by Gasteiger charge is -2.30. The Balaban J connectivity index is 1.97. The van der Waals surface area contributed by atoms with E-state index in [1.165, 1.54) is 0 Å². The Morgan fingerprint density at radius 3 is 2.71 bits per heavy atom. The third kappa shape index (κ3) is 2.44. The van der Waals surface area contributed by atoms with Crippen LogP contribution in [0.25, 0.3) is 0 Å². The van der Waals surface area contributed by atoms with Gasteiger partial charge in [0.1, 0.15) is 6.04 Å². The van der Waals surface area contributed by atoms with Crippen molar-refractivity contribution in [3.8, 4) is 0 Å². The molecule has 0 aromatic heterocycles. The second kappa shape index (κ2) is 5.04. The number of carbonyl (C=O) groups excluding carboxylic acids is 2. The van der Waals surface area contributed by atoms with E-state index in [2.05, 4.69) is 10.6 Å². The van der Waals surface area contributed by atoms with Crippen molar-refractivity contribution in [1.82, 2.24) is 10.6 Å². The highest BCUT2D eigenvalue weighted by Gasteiger charge is 2.41. The first-order chi connectivity index (χ1) is 8.18. The fourth-order valence-electron chi connectivity index (χ4n) is 2.80. The van der Waals surface area contributed by atoms with Gasteiger partial charge < -0.3 is 16.4 Å². The zero-order valence-electron chi connectivity index (χ0n) is 10.1. The quantitative estimate of drug-likeness (QED) is 0.643. The zero-order chi connectivity index (χ0) is 12.3. The molecule has 4 N–H and O–H groups in total. The van der Waals surface area contributed by atoms with E-state index in [1.54, 1.807) is 0 Å². The lowest BCUT2D eigenvalue weighted by atomic mass is 9.85. The van der Waals surface area contributed by atoms with E-state index in [0.717, 1.165) is 38.5 Å². The van der Waals surface area contributed by atoms with Crippen LogP contribution in [0.5, 0.6) is 0 Å². The summed E-state index contributed by atoms with van der Waals surface area (Å²) in [6.07, 6.45) is 5.47. The van der Waals surface area contributed by atoms with Crippen molar-refractivity contribution >= 4 is 11.8 Å². The number of amides is 2. The van der Waals surface area contributed by atoms with Gasteiger partial charge >= 0.3 is 0 Å². The molecular formula is C12H21N3O2. The minimum absolute atomic E-state index is 0.0282. The van der Waals surface area contributed by atoms with Crippen LogP contribution in [0.1, 0.15) is 38.5 Å². The van der Waals surface area contributed by atoms with Gasteiger partial charge in [0.05, 0.1) is 5.41 Å². The Morgan fingerprint density at radius 1 is 1.41 bits per heavy atom. The van der Waals surface area contributed by atoms with Gasteiger partial charge in [-0.15, -0.1) is 0 Å². The van der Waals surface area contributed by atoms with Gasteiger partial charge in [-0.2, -0.15) is 0 Å². The van der Waals surface area contributed by atoms with E-state index < -0.39 is 5.41 Å². The van der Waals surface area contributed by atoms with E-state index >= 15 is 0 Å². The Hall–Kier alpha value is -1.10. The number of nitrogens with one attached hydrogen (secondary N) is 2. The van der Waals surface area contributed by atoms with Crippen LogP contribution in [-0.4, -0.2) is 30.9 Å². The first-order valence-corrected chi connectivity index (χ1v) is 6.47. The molecule has 1 aliphatic heterocycles. The van der Waals surface area contributed by atoms with Crippen molar-refractivity contribution in [1.29, 1.82) is 0 Å². The summed E-state index contributed by atoms with van der Waals surface area (Å²) in [5, 5.41) is 5.65. The average Bonchev–Trinajstić information content (AvgIpc) is 2.82. The van der Waals surface area contributed by atoms with Crippen LogP contribution in [0, 0.1) is 5.41 Å². The highest BCUT2D eigenvalue weighted by molar-refractivity contribution is 5.90. The summed E-state index contributed by atoms with van der Waals surface area (Å²) in [5.74, 6) is -0.0886. The summed E-state index contributed by atoms with van der Waals surface area (Å²) in [6, 6.07) is -0.361. The van der Waals surface area contributed by atoms with Crippen LogP contribution in [-0.2, 0) is 9.59 Å². The molecule has 17 heavy (non-hydrogen) atoms. The first-order valence-electron chi connectivity index (χ1n) is 6.47. The maximum atomic E-state index is 12.2. The molecule has 1 saturated carbocycles. The smallest absolute Gasteiger partial charge is 0.242 e. The van der Waals surface area contributed by atoms with E-state index in [4.69, 9.17) is 5.73 Å². The Labute approximate surface area is 102 Å². The Bertz CT molecular complexity index is 311. The van der Waals surface area contributed by atoms with Crippen LogP contribution < -0.4 is 16.4 Å². The molecule has 5 nitrogen and oxygen atoms in total. The fraction of sp³-hybridized carbons (Fsp3) is 0.833. The molecular weight excluding hydrogens is 218 g/mol. The number of hydrogen-bond acceptors (Lipinski definition) is 3. The van der Waals surface area contributed by atoms with Crippen molar-refractivity contribution in [3.63, 3.8) is 0 Å². The predicted molar refractivity (Wildman–Crippen MR) is 64.1 cm³/mol. The van der Waals surface area contributed by atoms with Crippen molar-refractivity contribution in [3.05, 3.63) is 0 Å². The maximum absolute atomic E-state index is 12.2. The summed E-state index contributed by atoms with van der Waals surface area (Å²) in [6.45, 7) is 1.10. The molecule has 2 fully saturated rings. The van der Waals surface area contributed by atoms with Crippen molar-refractivity contribution < 1.29 is 9.59 Å². The van der Waals surface area contributed by atoms with Gasteiger partial charge in [-0.25, -0.2) is 0 Å². The van der Waals surface area contributed by atoms with Gasteiger partial charge in [0.25, 0.3) is 0 Å². The number of nitrogens with two attached hydrogens (primary N) is 1. The molecule has 5 heteroatoms. The van der Waals surface area contributed by atoms with Crippen LogP contribution in [0.15, 0.2) is 0 Å². The maximum Gasteiger partial charge on any atom is 0.242 e. The van der Waals surface area contributed by atoms with Crippen LogP contribution in [0.2, 0.25) is 0 Å². The third-order valence-electron chi connectivity index (χ3n) is 4.02. The molecule has 0 aromatic rings. The van der Waals surface area contributed by atoms with Crippen molar-refractivity contribution in [2.24, 2.45) is 11.1 Å². The topological polar surface area (TPSA) is 84.2 Å². The van der Waals surface area contributed by atoms with Crippen LogP contribution >= 0.6 is 0 Å². The molecule has 96 valence electrons. The second-order valence-electron chi connectivity index (χ2n) is 5.15. The normalized spacial score (nSPS) is 27.6. The molecule has 0 bridgehead atoms. The van der Waals surface area contributed by atoms with Gasteiger partial charge in [-0.3, -0.25) is 9.59 Å². The van der Waals surface area contributed by atoms with E-state index in [-0.39, 0.29) is 17.9 Å².